The monoisotopic (exact) mass is 775 g/mol. The third kappa shape index (κ3) is 64.2. The van der Waals surface area contributed by atoms with Gasteiger partial charge in [-0.25, -0.2) is 4.79 Å². The maximum absolute atomic E-state index is 11.2. The highest BCUT2D eigenvalue weighted by Crippen LogP contribution is 2.08. The van der Waals surface area contributed by atoms with E-state index in [0.29, 0.717) is 35.7 Å². The summed E-state index contributed by atoms with van der Waals surface area (Å²) in [4.78, 5) is 65.8. The molecule has 0 aromatic carbocycles. The molecule has 0 heterocycles. The van der Waals surface area contributed by atoms with Gasteiger partial charge in [0, 0.05) is 61.1 Å². The van der Waals surface area contributed by atoms with Crippen LogP contribution in [0.3, 0.4) is 0 Å². The van der Waals surface area contributed by atoms with E-state index in [9.17, 15) is 28.8 Å². The zero-order valence-corrected chi connectivity index (χ0v) is 38.8. The molecule has 0 unspecified atom stereocenters. The zero-order chi connectivity index (χ0) is 43.6. The Morgan fingerprint density at radius 2 is 0.685 bits per heavy atom. The van der Waals surface area contributed by atoms with Gasteiger partial charge < -0.3 is 21.3 Å². The van der Waals surface area contributed by atoms with Crippen LogP contribution >= 0.6 is 0 Å². The van der Waals surface area contributed by atoms with Gasteiger partial charge in [0.1, 0.15) is 11.6 Å². The number of rotatable bonds is 15. The third-order valence-electron chi connectivity index (χ3n) is 5.82. The summed E-state index contributed by atoms with van der Waals surface area (Å²) in [6.07, 6.45) is 3.29. The van der Waals surface area contributed by atoms with E-state index in [-0.39, 0.29) is 79.4 Å². The Morgan fingerprint density at radius 3 is 0.870 bits per heavy atom. The SMILES string of the molecule is C.CC(C)C(=O)C(C)C.CC(C)CC(=O)CC(C)C.CC(C)CC(=O)CNC(=O)C(C)C.CC(C)NC(=O)C(C)C.CC(C)NC(=O)NC(C)C.CCC. The molecular formula is C44H94N4O6. The van der Waals surface area contributed by atoms with Gasteiger partial charge in [0.15, 0.2) is 5.78 Å². The molecule has 0 aromatic heterocycles. The van der Waals surface area contributed by atoms with Gasteiger partial charge in [0.25, 0.3) is 0 Å². The summed E-state index contributed by atoms with van der Waals surface area (Å²) >= 11 is 0. The molecule has 54 heavy (non-hydrogen) atoms. The summed E-state index contributed by atoms with van der Waals surface area (Å²) in [5.41, 5.74) is 0. The molecule has 326 valence electrons. The number of carbonyl (C=O) groups excluding carboxylic acids is 6. The second kappa shape index (κ2) is 41.4. The first-order chi connectivity index (χ1) is 24.0. The van der Waals surface area contributed by atoms with Crippen LogP contribution in [0.1, 0.15) is 185 Å². The van der Waals surface area contributed by atoms with E-state index in [1.54, 1.807) is 0 Å². The van der Waals surface area contributed by atoms with Crippen LogP contribution in [0.15, 0.2) is 0 Å². The molecule has 0 atom stereocenters. The van der Waals surface area contributed by atoms with Gasteiger partial charge in [-0.3, -0.25) is 24.0 Å². The lowest BCUT2D eigenvalue weighted by molar-refractivity contribution is -0.127. The second-order valence-electron chi connectivity index (χ2n) is 16.9. The predicted octanol–water partition coefficient (Wildman–Crippen LogP) is 10.2. The minimum atomic E-state index is -0.0926. The Labute approximate surface area is 336 Å². The number of urea groups is 1. The quantitative estimate of drug-likeness (QED) is 0.130. The first-order valence-corrected chi connectivity index (χ1v) is 20.2. The van der Waals surface area contributed by atoms with Gasteiger partial charge >= 0.3 is 6.03 Å². The van der Waals surface area contributed by atoms with E-state index in [4.69, 9.17) is 0 Å². The molecule has 0 rings (SSSR count). The van der Waals surface area contributed by atoms with Crippen molar-refractivity contribution < 1.29 is 28.8 Å². The molecule has 0 aromatic rings. The van der Waals surface area contributed by atoms with Crippen LogP contribution in [-0.4, -0.2) is 59.9 Å². The van der Waals surface area contributed by atoms with Crippen molar-refractivity contribution >= 4 is 35.2 Å². The zero-order valence-electron chi connectivity index (χ0n) is 38.8. The maximum atomic E-state index is 11.2. The van der Waals surface area contributed by atoms with Crippen LogP contribution in [0, 0.1) is 41.4 Å². The molecular weight excluding hydrogens is 681 g/mol. The van der Waals surface area contributed by atoms with E-state index in [1.165, 1.54) is 6.42 Å². The normalized spacial score (nSPS) is 10.1. The topological polar surface area (TPSA) is 151 Å². The van der Waals surface area contributed by atoms with Crippen molar-refractivity contribution in [2.45, 2.75) is 204 Å². The first kappa shape index (κ1) is 66.1. The number of ketones is 3. The lowest BCUT2D eigenvalue weighted by Gasteiger charge is -2.11. The van der Waals surface area contributed by atoms with Crippen molar-refractivity contribution in [3.05, 3.63) is 0 Å². The Morgan fingerprint density at radius 1 is 0.407 bits per heavy atom. The van der Waals surface area contributed by atoms with Crippen LogP contribution < -0.4 is 21.3 Å². The Hall–Kier alpha value is -2.78. The van der Waals surface area contributed by atoms with Gasteiger partial charge in [-0.2, -0.15) is 0 Å². The summed E-state index contributed by atoms with van der Waals surface area (Å²) in [5.74, 6) is 2.80. The van der Waals surface area contributed by atoms with Crippen LogP contribution in [0.5, 0.6) is 0 Å². The van der Waals surface area contributed by atoms with Crippen molar-refractivity contribution in [1.29, 1.82) is 0 Å². The Bertz CT molecular complexity index is 875. The van der Waals surface area contributed by atoms with E-state index in [1.807, 2.05) is 111 Å². The van der Waals surface area contributed by atoms with Gasteiger partial charge in [0.2, 0.25) is 11.8 Å². The number of hydrogen-bond acceptors (Lipinski definition) is 6. The summed E-state index contributed by atoms with van der Waals surface area (Å²) in [6.45, 7) is 43.5. The molecule has 0 aliphatic rings. The smallest absolute Gasteiger partial charge is 0.315 e. The molecule has 0 fully saturated rings. The Kier molecular flexibility index (Phi) is 50.6. The highest BCUT2D eigenvalue weighted by molar-refractivity contribution is 5.86. The molecule has 0 bridgehead atoms. The second-order valence-corrected chi connectivity index (χ2v) is 16.9. The molecule has 10 heteroatoms. The number of Topliss-reactive ketones (excluding diaryl/α,β-unsaturated/α-hetero) is 3. The van der Waals surface area contributed by atoms with Gasteiger partial charge in [0.05, 0.1) is 6.54 Å². The van der Waals surface area contributed by atoms with Crippen LogP contribution in [0.4, 0.5) is 4.79 Å². The fourth-order valence-corrected chi connectivity index (χ4v) is 3.60. The van der Waals surface area contributed by atoms with Gasteiger partial charge in [-0.15, -0.1) is 0 Å². The lowest BCUT2D eigenvalue weighted by atomic mass is 9.99. The average Bonchev–Trinajstić information content (AvgIpc) is 2.94. The number of carbonyl (C=O) groups is 6. The predicted molar refractivity (Wildman–Crippen MR) is 234 cm³/mol. The van der Waals surface area contributed by atoms with Crippen molar-refractivity contribution in [1.82, 2.24) is 21.3 Å². The van der Waals surface area contributed by atoms with Crippen LogP contribution in [0.2, 0.25) is 0 Å². The fraction of sp³-hybridized carbons (Fsp3) is 0.864. The van der Waals surface area contributed by atoms with Crippen molar-refractivity contribution in [2.24, 2.45) is 41.4 Å². The summed E-state index contributed by atoms with van der Waals surface area (Å²) < 4.78 is 0. The molecule has 0 aliphatic carbocycles. The molecule has 4 N–H and O–H groups in total. The van der Waals surface area contributed by atoms with E-state index in [0.717, 1.165) is 12.8 Å². The standard InChI is InChI=1S/C10H19NO2.C9H18O.C7H16N2O.C7H15NO.C7H14O.C3H8.CH4/c1-7(2)5-9(12)6-11-10(13)8(3)4;1-7(2)5-9(10)6-8(3)4;1-5(2)8-7(10)9-6(3)4;1-5(2)7(9)8-6(3)4;1-5(2)7(8)6(3)4;1-3-2;/h7-8H,5-6H2,1-4H3,(H,11,13);7-8H,5-6H2,1-4H3;5-6H,1-4H3,(H2,8,9,10);5-6H,1-4H3,(H,8,9);5-6H,1-4H3;3H2,1-2H3;1H4. The van der Waals surface area contributed by atoms with E-state index in [2.05, 4.69) is 62.8 Å². The van der Waals surface area contributed by atoms with Crippen molar-refractivity contribution in [3.8, 4) is 0 Å². The fourth-order valence-electron chi connectivity index (χ4n) is 3.60. The van der Waals surface area contributed by atoms with E-state index < -0.39 is 0 Å². The lowest BCUT2D eigenvalue weighted by Crippen LogP contribution is -2.42. The van der Waals surface area contributed by atoms with Gasteiger partial charge in [-0.05, 0) is 59.3 Å². The molecule has 4 amide bonds. The summed E-state index contributed by atoms with van der Waals surface area (Å²) in [6, 6.07) is 0.586. The molecule has 0 spiro atoms. The number of nitrogens with one attached hydrogen (secondary N) is 4. The Balaban J connectivity index is -0.000000101. The molecule has 0 saturated heterocycles. The van der Waals surface area contributed by atoms with E-state index >= 15 is 0 Å². The molecule has 0 aliphatic heterocycles. The average molecular weight is 775 g/mol. The third-order valence-corrected chi connectivity index (χ3v) is 5.82. The van der Waals surface area contributed by atoms with Crippen LogP contribution in [0.25, 0.3) is 0 Å². The van der Waals surface area contributed by atoms with Crippen molar-refractivity contribution in [3.63, 3.8) is 0 Å². The number of amides is 4. The highest BCUT2D eigenvalue weighted by atomic mass is 16.2. The summed E-state index contributed by atoms with van der Waals surface area (Å²) in [5, 5.41) is 10.9. The molecule has 0 radical (unpaired) electrons. The molecule has 0 saturated carbocycles. The molecule has 10 nitrogen and oxygen atoms in total. The van der Waals surface area contributed by atoms with Crippen molar-refractivity contribution in [2.75, 3.05) is 6.54 Å². The first-order valence-electron chi connectivity index (χ1n) is 20.2. The number of hydrogen-bond donors (Lipinski definition) is 4. The van der Waals surface area contributed by atoms with Gasteiger partial charge in [-0.1, -0.05) is 125 Å². The minimum Gasteiger partial charge on any atom is -0.354 e. The highest BCUT2D eigenvalue weighted by Gasteiger charge is 2.11. The minimum absolute atomic E-state index is 0. The maximum Gasteiger partial charge on any atom is 0.315 e. The largest absolute Gasteiger partial charge is 0.354 e. The summed E-state index contributed by atoms with van der Waals surface area (Å²) in [7, 11) is 0. The van der Waals surface area contributed by atoms with Crippen LogP contribution in [-0.2, 0) is 24.0 Å².